The fourth-order valence-corrected chi connectivity index (χ4v) is 4.64. The predicted octanol–water partition coefficient (Wildman–Crippen LogP) is 5.56. The molecule has 0 fully saturated rings. The number of para-hydroxylation sites is 1. The summed E-state index contributed by atoms with van der Waals surface area (Å²) < 4.78 is 7.53. The molecule has 0 aliphatic carbocycles. The second-order valence-corrected chi connectivity index (χ2v) is 9.61. The van der Waals surface area contributed by atoms with E-state index in [1.54, 1.807) is 22.8 Å². The van der Waals surface area contributed by atoms with Crippen molar-refractivity contribution in [1.82, 2.24) is 19.7 Å². The van der Waals surface area contributed by atoms with Crippen LogP contribution < -0.4 is 5.56 Å². The Morgan fingerprint density at radius 3 is 2.47 bits per heavy atom. The first-order chi connectivity index (χ1) is 17.4. The van der Waals surface area contributed by atoms with Crippen LogP contribution in [0.25, 0.3) is 22.4 Å². The summed E-state index contributed by atoms with van der Waals surface area (Å²) in [4.78, 5) is 28.6. The number of thioether (sulfide) groups is 1. The second-order valence-electron chi connectivity index (χ2n) is 8.30. The highest BCUT2D eigenvalue weighted by atomic mass is 32.2. The van der Waals surface area contributed by atoms with Crippen molar-refractivity contribution >= 4 is 28.4 Å². The smallest absolute Gasteiger partial charge is 0.269 e. The van der Waals surface area contributed by atoms with Crippen LogP contribution in [-0.4, -0.2) is 24.7 Å². The van der Waals surface area contributed by atoms with E-state index in [1.165, 1.54) is 23.9 Å². The maximum absolute atomic E-state index is 13.4. The van der Waals surface area contributed by atoms with Gasteiger partial charge in [-0.25, -0.2) is 4.98 Å². The molecule has 0 saturated carbocycles. The summed E-state index contributed by atoms with van der Waals surface area (Å²) in [5, 5.41) is 20.0. The number of nitrogens with zero attached hydrogens (tertiary/aromatic N) is 5. The Labute approximate surface area is 210 Å². The number of hydrogen-bond donors (Lipinski definition) is 0. The summed E-state index contributed by atoms with van der Waals surface area (Å²) >= 11 is 1.36. The van der Waals surface area contributed by atoms with Gasteiger partial charge in [0.1, 0.15) is 0 Å². The highest BCUT2D eigenvalue weighted by molar-refractivity contribution is 7.99. The van der Waals surface area contributed by atoms with Crippen LogP contribution in [0, 0.1) is 17.0 Å². The van der Waals surface area contributed by atoms with Crippen molar-refractivity contribution in [2.75, 3.05) is 0 Å². The Hall–Kier alpha value is -4.31. The van der Waals surface area contributed by atoms with Crippen molar-refractivity contribution in [2.24, 2.45) is 0 Å². The third-order valence-corrected chi connectivity index (χ3v) is 6.76. The molecule has 0 spiro atoms. The molecule has 180 valence electrons. The summed E-state index contributed by atoms with van der Waals surface area (Å²) in [7, 11) is 0. The summed E-state index contributed by atoms with van der Waals surface area (Å²) in [6, 6.07) is 21.2. The number of fused-ring (bicyclic) bond motifs is 1. The summed E-state index contributed by atoms with van der Waals surface area (Å²) in [6.07, 6.45) is 0. The lowest BCUT2D eigenvalue weighted by atomic mass is 10.1. The molecule has 0 aliphatic rings. The molecule has 1 unspecified atom stereocenters. The lowest BCUT2D eigenvalue weighted by molar-refractivity contribution is -0.384. The molecule has 3 aromatic carbocycles. The number of hydrogen-bond acceptors (Lipinski definition) is 8. The number of non-ortho nitro benzene ring substituents is 1. The molecule has 10 heteroatoms. The molecule has 9 nitrogen and oxygen atoms in total. The number of aryl methyl sites for hydroxylation is 1. The van der Waals surface area contributed by atoms with E-state index in [4.69, 9.17) is 9.40 Å². The van der Waals surface area contributed by atoms with E-state index < -0.39 is 4.92 Å². The molecule has 2 aromatic heterocycles. The van der Waals surface area contributed by atoms with Crippen molar-refractivity contribution in [1.29, 1.82) is 0 Å². The van der Waals surface area contributed by atoms with E-state index in [-0.39, 0.29) is 22.4 Å². The van der Waals surface area contributed by atoms with Crippen LogP contribution in [0.15, 0.2) is 87.2 Å². The van der Waals surface area contributed by atoms with Crippen molar-refractivity contribution < 1.29 is 9.34 Å². The highest BCUT2D eigenvalue weighted by Crippen LogP contribution is 2.34. The molecule has 2 heterocycles. The van der Waals surface area contributed by atoms with Crippen molar-refractivity contribution in [2.45, 2.75) is 30.8 Å². The second kappa shape index (κ2) is 9.74. The SMILES string of the molecule is Cc1ccc(Cn2c(SC(C)c3nnc(-c4ccc([N+](=O)[O-])cc4)o3)nc3ccccc3c2=O)cc1. The van der Waals surface area contributed by atoms with Crippen molar-refractivity contribution in [3.05, 3.63) is 110 Å². The molecule has 5 aromatic rings. The van der Waals surface area contributed by atoms with Gasteiger partial charge >= 0.3 is 0 Å². The highest BCUT2D eigenvalue weighted by Gasteiger charge is 2.21. The average Bonchev–Trinajstić information content (AvgIpc) is 3.38. The van der Waals surface area contributed by atoms with Crippen LogP contribution in [0.3, 0.4) is 0 Å². The van der Waals surface area contributed by atoms with Crippen LogP contribution in [0.2, 0.25) is 0 Å². The zero-order valence-corrected chi connectivity index (χ0v) is 20.3. The monoisotopic (exact) mass is 499 g/mol. The fraction of sp³-hybridized carbons (Fsp3) is 0.154. The Morgan fingerprint density at radius 2 is 1.75 bits per heavy atom. The Kier molecular flexibility index (Phi) is 6.34. The molecule has 1 atom stereocenters. The minimum absolute atomic E-state index is 0.0173. The third kappa shape index (κ3) is 4.76. The Bertz CT molecular complexity index is 1610. The van der Waals surface area contributed by atoms with Gasteiger partial charge in [0.15, 0.2) is 5.16 Å². The summed E-state index contributed by atoms with van der Waals surface area (Å²) in [5.41, 5.74) is 3.20. The molecule has 0 bridgehead atoms. The molecule has 0 radical (unpaired) electrons. The number of benzene rings is 3. The molecule has 0 aliphatic heterocycles. The van der Waals surface area contributed by atoms with E-state index in [1.807, 2.05) is 56.3 Å². The first-order valence-electron chi connectivity index (χ1n) is 11.2. The summed E-state index contributed by atoms with van der Waals surface area (Å²) in [6.45, 7) is 4.30. The third-order valence-electron chi connectivity index (χ3n) is 5.68. The van der Waals surface area contributed by atoms with Crippen LogP contribution in [0.1, 0.15) is 29.2 Å². The number of nitro groups is 1. The normalized spacial score (nSPS) is 12.1. The van der Waals surface area contributed by atoms with Crippen molar-refractivity contribution in [3.63, 3.8) is 0 Å². The Morgan fingerprint density at radius 1 is 1.03 bits per heavy atom. The Balaban J connectivity index is 1.46. The van der Waals surface area contributed by atoms with Gasteiger partial charge in [0.05, 0.1) is 27.6 Å². The molecule has 0 N–H and O–H groups in total. The van der Waals surface area contributed by atoms with Gasteiger partial charge in [0.2, 0.25) is 11.8 Å². The first-order valence-corrected chi connectivity index (χ1v) is 12.1. The zero-order chi connectivity index (χ0) is 25.2. The molecule has 5 rings (SSSR count). The molecule has 0 amide bonds. The van der Waals surface area contributed by atoms with Gasteiger partial charge in [-0.15, -0.1) is 10.2 Å². The van der Waals surface area contributed by atoms with Gasteiger partial charge < -0.3 is 4.42 Å². The molecular weight excluding hydrogens is 478 g/mol. The first kappa shape index (κ1) is 23.4. The van der Waals surface area contributed by atoms with Gasteiger partial charge in [0, 0.05) is 17.7 Å². The van der Waals surface area contributed by atoms with E-state index >= 15 is 0 Å². The van der Waals surface area contributed by atoms with Gasteiger partial charge in [0.25, 0.3) is 11.2 Å². The van der Waals surface area contributed by atoms with E-state index in [0.29, 0.717) is 34.1 Å². The quantitative estimate of drug-likeness (QED) is 0.124. The predicted molar refractivity (Wildman–Crippen MR) is 137 cm³/mol. The van der Waals surface area contributed by atoms with Crippen molar-refractivity contribution in [3.8, 4) is 11.5 Å². The van der Waals surface area contributed by atoms with Gasteiger partial charge in [-0.3, -0.25) is 19.5 Å². The van der Waals surface area contributed by atoms with Gasteiger partial charge in [-0.05, 0) is 43.7 Å². The van der Waals surface area contributed by atoms with E-state index in [2.05, 4.69) is 10.2 Å². The number of rotatable bonds is 7. The minimum atomic E-state index is -0.464. The lowest BCUT2D eigenvalue weighted by Gasteiger charge is -2.15. The number of nitro benzene ring substituents is 1. The number of aromatic nitrogens is 4. The van der Waals surface area contributed by atoms with Crippen LogP contribution >= 0.6 is 11.8 Å². The standard InChI is InChI=1S/C26H21N5O4S/c1-16-7-9-18(10-8-16)15-30-25(32)21-5-3-4-6-22(21)27-26(30)36-17(2)23-28-29-24(35-23)19-11-13-20(14-12-19)31(33)34/h3-14,17H,15H2,1-2H3. The van der Waals surface area contributed by atoms with Gasteiger partial charge in [-0.2, -0.15) is 0 Å². The lowest BCUT2D eigenvalue weighted by Crippen LogP contribution is -2.24. The zero-order valence-electron chi connectivity index (χ0n) is 19.5. The van der Waals surface area contributed by atoms with E-state index in [9.17, 15) is 14.9 Å². The largest absolute Gasteiger partial charge is 0.419 e. The van der Waals surface area contributed by atoms with Gasteiger partial charge in [-0.1, -0.05) is 53.7 Å². The maximum atomic E-state index is 13.4. The summed E-state index contributed by atoms with van der Waals surface area (Å²) in [5.74, 6) is 0.619. The maximum Gasteiger partial charge on any atom is 0.269 e. The van der Waals surface area contributed by atoms with E-state index in [0.717, 1.165) is 11.1 Å². The minimum Gasteiger partial charge on any atom is -0.419 e. The van der Waals surface area contributed by atoms with Crippen LogP contribution in [-0.2, 0) is 6.54 Å². The van der Waals surface area contributed by atoms with Crippen LogP contribution in [0.5, 0.6) is 0 Å². The average molecular weight is 500 g/mol. The van der Waals surface area contributed by atoms with Crippen LogP contribution in [0.4, 0.5) is 5.69 Å². The topological polar surface area (TPSA) is 117 Å². The molecular formula is C26H21N5O4S. The molecule has 36 heavy (non-hydrogen) atoms. The molecule has 0 saturated heterocycles. The fourth-order valence-electron chi connectivity index (χ4n) is 3.70.